The minimum atomic E-state index is -1.16. The molecule has 1 amide bonds. The van der Waals surface area contributed by atoms with Gasteiger partial charge < -0.3 is 16.2 Å². The second kappa shape index (κ2) is 7.41. The Hall–Kier alpha value is -3.12. The first-order valence-corrected chi connectivity index (χ1v) is 8.25. The van der Waals surface area contributed by atoms with E-state index in [0.717, 1.165) is 5.56 Å². The zero-order chi connectivity index (χ0) is 18.7. The second-order valence-electron chi connectivity index (χ2n) is 5.82. The molecule has 26 heavy (non-hydrogen) atoms. The van der Waals surface area contributed by atoms with Crippen molar-refractivity contribution >= 4 is 40.2 Å². The summed E-state index contributed by atoms with van der Waals surface area (Å²) in [5.41, 5.74) is 6.90. The number of hydrogen-bond donors (Lipinski definition) is 3. The van der Waals surface area contributed by atoms with Crippen molar-refractivity contribution in [1.82, 2.24) is 4.98 Å². The highest BCUT2D eigenvalue weighted by Gasteiger charge is 2.21. The molecule has 3 rings (SSSR count). The van der Waals surface area contributed by atoms with Crippen LogP contribution in [-0.2, 0) is 11.2 Å². The fraction of sp³-hybridized carbons (Fsp3) is 0.105. The van der Waals surface area contributed by atoms with Crippen LogP contribution in [0.4, 0.5) is 5.82 Å². The van der Waals surface area contributed by atoms with E-state index in [1.165, 1.54) is 6.07 Å². The molecule has 1 heterocycles. The summed E-state index contributed by atoms with van der Waals surface area (Å²) in [6.45, 7) is 0. The van der Waals surface area contributed by atoms with E-state index >= 15 is 0 Å². The number of nitrogens with zero attached hydrogens (tertiary/aromatic N) is 1. The van der Waals surface area contributed by atoms with Gasteiger partial charge in [-0.05, 0) is 29.8 Å². The molecule has 0 fully saturated rings. The van der Waals surface area contributed by atoms with Gasteiger partial charge in [0.25, 0.3) is 0 Å². The van der Waals surface area contributed by atoms with Gasteiger partial charge in [0.2, 0.25) is 5.91 Å². The third-order valence-electron chi connectivity index (χ3n) is 3.94. The van der Waals surface area contributed by atoms with Crippen LogP contribution in [0.5, 0.6) is 0 Å². The highest BCUT2D eigenvalue weighted by molar-refractivity contribution is 6.31. The van der Waals surface area contributed by atoms with Gasteiger partial charge in [0.15, 0.2) is 0 Å². The number of hydrogen-bond acceptors (Lipinski definition) is 4. The molecular weight excluding hydrogens is 354 g/mol. The van der Waals surface area contributed by atoms with Crippen LogP contribution >= 0.6 is 11.6 Å². The number of fused-ring (bicyclic) bond motifs is 1. The van der Waals surface area contributed by atoms with Crippen molar-refractivity contribution in [3.05, 3.63) is 70.7 Å². The maximum atomic E-state index is 11.9. The van der Waals surface area contributed by atoms with Crippen LogP contribution in [0, 0.1) is 0 Å². The summed E-state index contributed by atoms with van der Waals surface area (Å²) in [5.74, 6) is -1.67. The summed E-state index contributed by atoms with van der Waals surface area (Å²) in [6, 6.07) is 15.0. The van der Waals surface area contributed by atoms with Crippen LogP contribution in [0.25, 0.3) is 10.9 Å². The number of halogens is 1. The van der Waals surface area contributed by atoms with Gasteiger partial charge in [-0.15, -0.1) is 0 Å². The van der Waals surface area contributed by atoms with Gasteiger partial charge in [0, 0.05) is 16.8 Å². The number of carboxylic acid groups (broad SMARTS) is 1. The van der Waals surface area contributed by atoms with Gasteiger partial charge in [0.1, 0.15) is 17.4 Å². The number of primary amides is 1. The van der Waals surface area contributed by atoms with Crippen molar-refractivity contribution in [3.8, 4) is 0 Å². The molecule has 0 aliphatic rings. The summed E-state index contributed by atoms with van der Waals surface area (Å²) in [4.78, 5) is 27.8. The molecule has 0 saturated carbocycles. The molecule has 0 aliphatic heterocycles. The van der Waals surface area contributed by atoms with Gasteiger partial charge >= 0.3 is 5.97 Å². The molecule has 3 aromatic rings. The summed E-state index contributed by atoms with van der Waals surface area (Å²) in [7, 11) is 0. The Labute approximate surface area is 154 Å². The highest BCUT2D eigenvalue weighted by atomic mass is 35.5. The van der Waals surface area contributed by atoms with E-state index in [0.29, 0.717) is 22.3 Å². The molecule has 132 valence electrons. The first-order chi connectivity index (χ1) is 12.4. The molecule has 1 unspecified atom stereocenters. The van der Waals surface area contributed by atoms with Crippen molar-refractivity contribution in [2.75, 3.05) is 5.32 Å². The van der Waals surface area contributed by atoms with Crippen molar-refractivity contribution in [2.24, 2.45) is 5.73 Å². The Morgan fingerprint density at radius 2 is 1.88 bits per heavy atom. The zero-order valence-electron chi connectivity index (χ0n) is 13.6. The number of benzene rings is 2. The molecule has 0 radical (unpaired) electrons. The topological polar surface area (TPSA) is 105 Å². The Bertz CT molecular complexity index is 976. The molecule has 0 saturated heterocycles. The predicted molar refractivity (Wildman–Crippen MR) is 100 cm³/mol. The lowest BCUT2D eigenvalue weighted by Gasteiger charge is -2.18. The van der Waals surface area contributed by atoms with E-state index in [9.17, 15) is 14.7 Å². The first-order valence-electron chi connectivity index (χ1n) is 7.87. The lowest BCUT2D eigenvalue weighted by molar-refractivity contribution is -0.118. The van der Waals surface area contributed by atoms with Crippen LogP contribution in [0.3, 0.4) is 0 Å². The SMILES string of the molecule is NC(=O)C(Cc1ccccc1)Nc1nc2ccc(Cl)cc2cc1C(=O)O. The molecular formula is C19H16ClN3O3. The van der Waals surface area contributed by atoms with E-state index in [1.54, 1.807) is 18.2 Å². The average molecular weight is 370 g/mol. The van der Waals surface area contributed by atoms with E-state index < -0.39 is 17.9 Å². The van der Waals surface area contributed by atoms with Crippen molar-refractivity contribution in [1.29, 1.82) is 0 Å². The maximum Gasteiger partial charge on any atom is 0.339 e. The number of pyridine rings is 1. The van der Waals surface area contributed by atoms with Gasteiger partial charge in [-0.1, -0.05) is 41.9 Å². The van der Waals surface area contributed by atoms with Crippen molar-refractivity contribution in [2.45, 2.75) is 12.5 Å². The minimum absolute atomic E-state index is 0.0564. The zero-order valence-corrected chi connectivity index (χ0v) is 14.4. The monoisotopic (exact) mass is 369 g/mol. The van der Waals surface area contributed by atoms with E-state index in [4.69, 9.17) is 17.3 Å². The summed E-state index contributed by atoms with van der Waals surface area (Å²) in [5, 5.41) is 13.5. The van der Waals surface area contributed by atoms with Crippen LogP contribution < -0.4 is 11.1 Å². The van der Waals surface area contributed by atoms with E-state index in [2.05, 4.69) is 10.3 Å². The third kappa shape index (κ3) is 3.92. The number of amides is 1. The molecule has 1 atom stereocenters. The number of carbonyl (C=O) groups excluding carboxylic acids is 1. The molecule has 2 aromatic carbocycles. The molecule has 7 heteroatoms. The smallest absolute Gasteiger partial charge is 0.339 e. The van der Waals surface area contributed by atoms with Gasteiger partial charge in [-0.2, -0.15) is 0 Å². The van der Waals surface area contributed by atoms with Crippen LogP contribution in [0.15, 0.2) is 54.6 Å². The van der Waals surface area contributed by atoms with Crippen molar-refractivity contribution in [3.63, 3.8) is 0 Å². The second-order valence-corrected chi connectivity index (χ2v) is 6.25. The van der Waals surface area contributed by atoms with E-state index in [-0.39, 0.29) is 11.4 Å². The van der Waals surface area contributed by atoms with Gasteiger partial charge in [-0.3, -0.25) is 4.79 Å². The molecule has 0 bridgehead atoms. The average Bonchev–Trinajstić information content (AvgIpc) is 2.61. The Balaban J connectivity index is 1.99. The summed E-state index contributed by atoms with van der Waals surface area (Å²) >= 11 is 5.95. The fourth-order valence-corrected chi connectivity index (χ4v) is 2.84. The number of carboxylic acids is 1. The lowest BCUT2D eigenvalue weighted by atomic mass is 10.0. The number of aromatic carboxylic acids is 1. The van der Waals surface area contributed by atoms with Crippen molar-refractivity contribution < 1.29 is 14.7 Å². The number of carbonyl (C=O) groups is 2. The normalized spacial score (nSPS) is 11.9. The minimum Gasteiger partial charge on any atom is -0.478 e. The van der Waals surface area contributed by atoms with Crippen LogP contribution in [-0.4, -0.2) is 28.0 Å². The van der Waals surface area contributed by atoms with Crippen LogP contribution in [0.2, 0.25) is 5.02 Å². The maximum absolute atomic E-state index is 11.9. The van der Waals surface area contributed by atoms with Crippen LogP contribution in [0.1, 0.15) is 15.9 Å². The number of rotatable bonds is 6. The quantitative estimate of drug-likeness (QED) is 0.619. The standard InChI is InChI=1S/C19H16ClN3O3/c20-13-6-7-15-12(9-13)10-14(19(25)26)18(22-15)23-16(17(21)24)8-11-4-2-1-3-5-11/h1-7,9-10,16H,8H2,(H2,21,24)(H,22,23)(H,25,26). The third-order valence-corrected chi connectivity index (χ3v) is 4.18. The number of anilines is 1. The molecule has 1 aromatic heterocycles. The highest BCUT2D eigenvalue weighted by Crippen LogP contribution is 2.24. The molecule has 0 spiro atoms. The lowest BCUT2D eigenvalue weighted by Crippen LogP contribution is -2.38. The van der Waals surface area contributed by atoms with Gasteiger partial charge in [-0.25, -0.2) is 9.78 Å². The number of nitrogens with two attached hydrogens (primary N) is 1. The number of aromatic nitrogens is 1. The Morgan fingerprint density at radius 3 is 2.54 bits per heavy atom. The Kier molecular flexibility index (Phi) is 5.04. The summed E-state index contributed by atoms with van der Waals surface area (Å²) in [6.07, 6.45) is 0.315. The first kappa shape index (κ1) is 17.7. The fourth-order valence-electron chi connectivity index (χ4n) is 2.66. The Morgan fingerprint density at radius 1 is 1.15 bits per heavy atom. The molecule has 4 N–H and O–H groups in total. The number of nitrogens with one attached hydrogen (secondary N) is 1. The largest absolute Gasteiger partial charge is 0.478 e. The van der Waals surface area contributed by atoms with Gasteiger partial charge in [0.05, 0.1) is 5.52 Å². The predicted octanol–water partition coefficient (Wildman–Crippen LogP) is 3.09. The van der Waals surface area contributed by atoms with E-state index in [1.807, 2.05) is 30.3 Å². The summed E-state index contributed by atoms with van der Waals surface area (Å²) < 4.78 is 0. The molecule has 6 nitrogen and oxygen atoms in total. The molecule has 0 aliphatic carbocycles.